The number of carbonyl (C=O) groups excluding carboxylic acids is 1. The second kappa shape index (κ2) is 36.0. The van der Waals surface area contributed by atoms with Crippen molar-refractivity contribution in [3.05, 3.63) is 99.4 Å². The molecule has 20 nitrogen and oxygen atoms in total. The van der Waals surface area contributed by atoms with Crippen LogP contribution in [0.5, 0.6) is 0 Å². The molecule has 3 saturated heterocycles. The number of amides is 1. The number of hydrogen-bond donors (Lipinski definition) is 0. The molecule has 9 heterocycles. The van der Waals surface area contributed by atoms with Crippen LogP contribution in [0.3, 0.4) is 0 Å². The Kier molecular flexibility index (Phi) is 32.9. The Morgan fingerprint density at radius 3 is 1.11 bits per heavy atom. The van der Waals surface area contributed by atoms with Crippen molar-refractivity contribution in [2.75, 3.05) is 45.9 Å². The molecule has 0 N–H and O–H groups in total. The van der Waals surface area contributed by atoms with Crippen LogP contribution in [0, 0.1) is 22.2 Å². The van der Waals surface area contributed by atoms with Gasteiger partial charge in [-0.1, -0.05) is 20.8 Å². The number of hydrogen-bond acceptors (Lipinski definition) is 13. The fourth-order valence-electron chi connectivity index (χ4n) is 8.90. The molecule has 0 unspecified atom stereocenters. The highest BCUT2D eigenvalue weighted by atomic mass is 16.5. The summed E-state index contributed by atoms with van der Waals surface area (Å²) in [6.45, 7) is 72.0. The predicted octanol–water partition coefficient (Wildman–Crippen LogP) is 15.4. The van der Waals surface area contributed by atoms with Gasteiger partial charge in [0.1, 0.15) is 25.3 Å². The van der Waals surface area contributed by atoms with Gasteiger partial charge in [0.25, 0.3) is 0 Å². The van der Waals surface area contributed by atoms with Crippen LogP contribution in [0.4, 0.5) is 0 Å². The first-order valence-electron chi connectivity index (χ1n) is 33.4. The number of aromatic nitrogens is 14. The van der Waals surface area contributed by atoms with Gasteiger partial charge in [0.05, 0.1) is 60.0 Å². The first-order chi connectivity index (χ1) is 41.9. The Hall–Kier alpha value is -6.04. The van der Waals surface area contributed by atoms with Gasteiger partial charge in [0.2, 0.25) is 5.91 Å². The van der Waals surface area contributed by atoms with Crippen LogP contribution in [0.1, 0.15) is 246 Å². The lowest BCUT2D eigenvalue weighted by Gasteiger charge is -2.38. The molecule has 1 amide bonds. The molecule has 4 fully saturated rings. The van der Waals surface area contributed by atoms with E-state index in [0.29, 0.717) is 17.0 Å². The molecule has 0 bridgehead atoms. The largest absolute Gasteiger partial charge is 0.379 e. The third kappa shape index (κ3) is 33.2. The molecule has 1 aliphatic carbocycles. The molecule has 6 aromatic rings. The van der Waals surface area contributed by atoms with E-state index < -0.39 is 0 Å². The highest BCUT2D eigenvalue weighted by molar-refractivity contribution is 5.78. The van der Waals surface area contributed by atoms with Crippen molar-refractivity contribution in [2.24, 2.45) is 10.8 Å². The van der Waals surface area contributed by atoms with E-state index in [1.54, 1.807) is 54.9 Å². The van der Waals surface area contributed by atoms with Crippen LogP contribution in [0.25, 0.3) is 0 Å². The van der Waals surface area contributed by atoms with E-state index in [4.69, 9.17) is 10.00 Å². The quantitative estimate of drug-likeness (QED) is 0.140. The minimum atomic E-state index is 0.0174. The van der Waals surface area contributed by atoms with Crippen molar-refractivity contribution >= 4 is 5.91 Å². The van der Waals surface area contributed by atoms with Crippen LogP contribution < -0.4 is 0 Å². The van der Waals surface area contributed by atoms with Gasteiger partial charge in [-0.15, -0.1) is 10.2 Å². The van der Waals surface area contributed by atoms with Gasteiger partial charge in [0.15, 0.2) is 0 Å². The molecule has 3 aliphatic heterocycles. The van der Waals surface area contributed by atoms with Gasteiger partial charge in [-0.05, 0) is 256 Å². The Bertz CT molecular complexity index is 2470. The Morgan fingerprint density at radius 2 is 0.902 bits per heavy atom. The molecule has 10 rings (SSSR count). The number of ether oxygens (including phenoxy) is 1. The van der Waals surface area contributed by atoms with Gasteiger partial charge in [-0.2, -0.15) is 30.5 Å². The van der Waals surface area contributed by atoms with Crippen molar-refractivity contribution < 1.29 is 9.53 Å². The first-order valence-corrected chi connectivity index (χ1v) is 33.4. The Morgan fingerprint density at radius 1 is 0.424 bits per heavy atom. The molecule has 0 radical (unpaired) electrons. The molecular weight excluding hydrogens is 1150 g/mol. The van der Waals surface area contributed by atoms with Crippen molar-refractivity contribution in [3.63, 3.8) is 0 Å². The van der Waals surface area contributed by atoms with Gasteiger partial charge in [-0.25, -0.2) is 14.6 Å². The summed E-state index contributed by atoms with van der Waals surface area (Å²) in [5.41, 5.74) is 1.75. The van der Waals surface area contributed by atoms with E-state index in [1.807, 2.05) is 55.8 Å². The summed E-state index contributed by atoms with van der Waals surface area (Å²) in [5.74, 6) is 0.313. The summed E-state index contributed by atoms with van der Waals surface area (Å²) >= 11 is 0. The van der Waals surface area contributed by atoms with E-state index in [0.717, 1.165) is 58.5 Å². The lowest BCUT2D eigenvalue weighted by Crippen LogP contribution is -2.47. The zero-order valence-corrected chi connectivity index (χ0v) is 63.8. The molecular formula is C72H132N18O2. The average Bonchev–Trinajstić information content (AvgIpc) is 1.63. The lowest BCUT2D eigenvalue weighted by molar-refractivity contribution is -0.131. The normalized spacial score (nSPS) is 16.2. The Balaban J connectivity index is 0.000000511. The maximum atomic E-state index is 11.1. The van der Waals surface area contributed by atoms with Crippen LogP contribution in [0.2, 0.25) is 0 Å². The van der Waals surface area contributed by atoms with Crippen LogP contribution in [0.15, 0.2) is 99.4 Å². The second-order valence-corrected chi connectivity index (χ2v) is 34.0. The molecule has 0 atom stereocenters. The monoisotopic (exact) mass is 1280 g/mol. The topological polar surface area (TPSA) is 193 Å². The molecule has 20 heteroatoms. The summed E-state index contributed by atoms with van der Waals surface area (Å²) in [6.07, 6.45) is 30.4. The Labute approximate surface area is 559 Å². The summed E-state index contributed by atoms with van der Waals surface area (Å²) in [7, 11) is 0. The van der Waals surface area contributed by atoms with Gasteiger partial charge < -0.3 is 23.3 Å². The standard InChI is InChI=1S/C8H17NO.C8H15NO.C8H13N.C8H17N.C8H13N.2C7H12N2.3C6H11N3/c1-8(2,3)9-4-6-10-7-5-9;1-8(2,3)9-6-4-5-7(9)10;1-7(2,3)8(6-9)4-5-8;2*1-8(2,3)9-6-4-5-7-9;1-7(2,3)9-5-4-8-6-9;1-7(2,3)9-6-4-5-8-9;1-6(2,3)9-4-7-8-5-9;1-6(2,3)9-5-7-4-8-9;1-6(2,3)9-7-4-5-8-9/h4-7H2,1-3H3;4-6H2,1-3H3;4-5H2,1-3H3;4-7H2,1-3H3;4-7H,1-3H3;2*4-6H,1-3H3;3*4-5H,1-3H3. The fraction of sp³-hybridized carbons (Fsp3) is 0.750. The number of rotatable bonds is 0. The van der Waals surface area contributed by atoms with Crippen LogP contribution in [-0.4, -0.2) is 152 Å². The fourth-order valence-corrected chi connectivity index (χ4v) is 8.90. The van der Waals surface area contributed by atoms with Gasteiger partial charge >= 0.3 is 0 Å². The minimum Gasteiger partial charge on any atom is -0.379 e. The number of carbonyl (C=O) groups is 1. The lowest BCUT2D eigenvalue weighted by atomic mass is 9.79. The van der Waals surface area contributed by atoms with E-state index in [1.165, 1.54) is 25.9 Å². The smallest absolute Gasteiger partial charge is 0.223 e. The number of nitriles is 1. The maximum Gasteiger partial charge on any atom is 0.223 e. The van der Waals surface area contributed by atoms with Crippen molar-refractivity contribution in [1.82, 2.24) is 83.1 Å². The SMILES string of the molecule is CC(C)(C)C1(C#N)CC1.CC(C)(C)N1CCCC1.CC(C)(C)N1CCCC1=O.CC(C)(C)N1CCOCC1.CC(C)(C)n1cccc1.CC(C)(C)n1cccn1.CC(C)(C)n1ccnc1.CC(C)(C)n1cncn1.CC(C)(C)n1cnnc1.CC(C)(C)n1nccn1. The molecule has 522 valence electrons. The summed E-state index contributed by atoms with van der Waals surface area (Å²) < 4.78 is 15.2. The molecule has 1 saturated carbocycles. The van der Waals surface area contributed by atoms with Crippen molar-refractivity contribution in [3.8, 4) is 6.07 Å². The number of morpholine rings is 1. The molecule has 4 aliphatic rings. The zero-order chi connectivity index (χ0) is 70.9. The maximum absolute atomic E-state index is 11.1. The third-order valence-electron chi connectivity index (χ3n) is 15.5. The number of nitrogens with zero attached hydrogens (tertiary/aromatic N) is 18. The molecule has 6 aromatic heterocycles. The number of likely N-dealkylation sites (tertiary alicyclic amines) is 2. The van der Waals surface area contributed by atoms with E-state index in [-0.39, 0.29) is 49.6 Å². The summed E-state index contributed by atoms with van der Waals surface area (Å²) in [4.78, 5) is 27.6. The average molecular weight is 1280 g/mol. The summed E-state index contributed by atoms with van der Waals surface area (Å²) in [6, 6.07) is 8.42. The highest BCUT2D eigenvalue weighted by Crippen LogP contribution is 2.57. The number of imidazole rings is 1. The second-order valence-electron chi connectivity index (χ2n) is 34.0. The van der Waals surface area contributed by atoms with E-state index >= 15 is 0 Å². The molecule has 92 heavy (non-hydrogen) atoms. The van der Waals surface area contributed by atoms with E-state index in [9.17, 15) is 4.79 Å². The molecule has 0 aromatic carbocycles. The van der Waals surface area contributed by atoms with E-state index in [2.05, 4.69) is 286 Å². The highest BCUT2D eigenvalue weighted by Gasteiger charge is 2.52. The predicted molar refractivity (Wildman–Crippen MR) is 379 cm³/mol. The third-order valence-corrected chi connectivity index (χ3v) is 15.5. The van der Waals surface area contributed by atoms with Gasteiger partial charge in [0, 0.05) is 96.5 Å². The van der Waals surface area contributed by atoms with Gasteiger partial charge in [-0.3, -0.25) is 19.3 Å². The van der Waals surface area contributed by atoms with Crippen LogP contribution >= 0.6 is 0 Å². The summed E-state index contributed by atoms with van der Waals surface area (Å²) in [5, 5.41) is 32.2. The zero-order valence-electron chi connectivity index (χ0n) is 63.8. The minimum absolute atomic E-state index is 0.0174. The van der Waals surface area contributed by atoms with Crippen LogP contribution in [-0.2, 0) is 42.8 Å². The first kappa shape index (κ1) is 84.0. The van der Waals surface area contributed by atoms with Crippen molar-refractivity contribution in [1.29, 1.82) is 5.26 Å². The van der Waals surface area contributed by atoms with Crippen molar-refractivity contribution in [2.45, 2.75) is 296 Å². The molecule has 0 spiro atoms.